The van der Waals surface area contributed by atoms with E-state index in [9.17, 15) is 0 Å². The SMILES string of the molecule is C=CC1CC(CO)OC(C)(C)O1. The van der Waals surface area contributed by atoms with Crippen LogP contribution in [0.3, 0.4) is 0 Å². The quantitative estimate of drug-likeness (QED) is 0.633. The van der Waals surface area contributed by atoms with Crippen molar-refractivity contribution in [1.82, 2.24) is 0 Å². The molecule has 12 heavy (non-hydrogen) atoms. The Morgan fingerprint density at radius 2 is 2.25 bits per heavy atom. The van der Waals surface area contributed by atoms with Crippen LogP contribution < -0.4 is 0 Å². The third-order valence-corrected chi connectivity index (χ3v) is 1.85. The molecule has 0 aromatic rings. The lowest BCUT2D eigenvalue weighted by Gasteiger charge is -2.39. The Hall–Kier alpha value is -0.380. The summed E-state index contributed by atoms with van der Waals surface area (Å²) < 4.78 is 10.9. The largest absolute Gasteiger partial charge is 0.394 e. The van der Waals surface area contributed by atoms with E-state index in [1.54, 1.807) is 6.08 Å². The maximum atomic E-state index is 8.92. The van der Waals surface area contributed by atoms with Crippen LogP contribution in [0, 0.1) is 0 Å². The second-order valence-electron chi connectivity index (χ2n) is 3.45. The minimum atomic E-state index is -0.607. The van der Waals surface area contributed by atoms with Crippen LogP contribution in [0.2, 0.25) is 0 Å². The molecule has 1 fully saturated rings. The molecule has 0 aromatic carbocycles. The molecule has 1 rings (SSSR count). The number of ether oxygens (including phenoxy) is 2. The minimum Gasteiger partial charge on any atom is -0.394 e. The molecule has 1 saturated heterocycles. The molecule has 1 aliphatic rings. The van der Waals surface area contributed by atoms with Crippen molar-refractivity contribution in [2.75, 3.05) is 6.61 Å². The van der Waals surface area contributed by atoms with Gasteiger partial charge in [0.05, 0.1) is 18.8 Å². The summed E-state index contributed by atoms with van der Waals surface area (Å²) >= 11 is 0. The third kappa shape index (κ3) is 2.30. The Kier molecular flexibility index (Phi) is 2.88. The number of rotatable bonds is 2. The van der Waals surface area contributed by atoms with Gasteiger partial charge in [-0.1, -0.05) is 6.08 Å². The zero-order valence-corrected chi connectivity index (χ0v) is 7.62. The van der Waals surface area contributed by atoms with E-state index >= 15 is 0 Å². The molecule has 1 aliphatic heterocycles. The summed E-state index contributed by atoms with van der Waals surface area (Å²) in [5.41, 5.74) is 0. The second-order valence-corrected chi connectivity index (χ2v) is 3.45. The molecule has 0 bridgehead atoms. The van der Waals surface area contributed by atoms with E-state index in [4.69, 9.17) is 14.6 Å². The standard InChI is InChI=1S/C9H16O3/c1-4-7-5-8(6-10)12-9(2,3)11-7/h4,7-8,10H,1,5-6H2,2-3H3. The van der Waals surface area contributed by atoms with Crippen LogP contribution in [0.5, 0.6) is 0 Å². The Balaban J connectivity index is 2.58. The highest BCUT2D eigenvalue weighted by molar-refractivity contribution is 4.87. The van der Waals surface area contributed by atoms with E-state index < -0.39 is 5.79 Å². The van der Waals surface area contributed by atoms with Crippen molar-refractivity contribution in [3.63, 3.8) is 0 Å². The van der Waals surface area contributed by atoms with Crippen LogP contribution in [0.15, 0.2) is 12.7 Å². The normalized spacial score (nSPS) is 34.6. The van der Waals surface area contributed by atoms with Gasteiger partial charge in [-0.05, 0) is 13.8 Å². The smallest absolute Gasteiger partial charge is 0.164 e. The van der Waals surface area contributed by atoms with E-state index in [0.29, 0.717) is 6.42 Å². The number of aliphatic hydroxyl groups is 1. The highest BCUT2D eigenvalue weighted by Crippen LogP contribution is 2.26. The predicted octanol–water partition coefficient (Wildman–Crippen LogP) is 1.07. The summed E-state index contributed by atoms with van der Waals surface area (Å²) in [5, 5.41) is 8.92. The lowest BCUT2D eigenvalue weighted by Crippen LogP contribution is -2.45. The van der Waals surface area contributed by atoms with Crippen LogP contribution in [0.4, 0.5) is 0 Å². The zero-order valence-electron chi connectivity index (χ0n) is 7.62. The van der Waals surface area contributed by atoms with Gasteiger partial charge in [-0.25, -0.2) is 0 Å². The molecule has 3 heteroatoms. The molecule has 2 unspecified atom stereocenters. The molecule has 0 radical (unpaired) electrons. The average molecular weight is 172 g/mol. The zero-order chi connectivity index (χ0) is 9.19. The molecule has 1 N–H and O–H groups in total. The molecule has 0 amide bonds. The van der Waals surface area contributed by atoms with Crippen molar-refractivity contribution in [2.45, 2.75) is 38.3 Å². The first-order chi connectivity index (χ1) is 5.57. The van der Waals surface area contributed by atoms with Crippen molar-refractivity contribution in [3.05, 3.63) is 12.7 Å². The predicted molar refractivity (Wildman–Crippen MR) is 45.7 cm³/mol. The summed E-state index contributed by atoms with van der Waals surface area (Å²) in [4.78, 5) is 0. The summed E-state index contributed by atoms with van der Waals surface area (Å²) in [6.45, 7) is 7.37. The van der Waals surface area contributed by atoms with Crippen LogP contribution >= 0.6 is 0 Å². The van der Waals surface area contributed by atoms with Crippen molar-refractivity contribution < 1.29 is 14.6 Å². The first-order valence-corrected chi connectivity index (χ1v) is 4.16. The topological polar surface area (TPSA) is 38.7 Å². The molecule has 0 aliphatic carbocycles. The van der Waals surface area contributed by atoms with Gasteiger partial charge in [0.1, 0.15) is 0 Å². The molecule has 0 spiro atoms. The second kappa shape index (κ2) is 3.56. The van der Waals surface area contributed by atoms with Crippen molar-refractivity contribution >= 4 is 0 Å². The number of hydrogen-bond acceptors (Lipinski definition) is 3. The van der Waals surface area contributed by atoms with Gasteiger partial charge in [-0.2, -0.15) is 0 Å². The van der Waals surface area contributed by atoms with Gasteiger partial charge < -0.3 is 14.6 Å². The van der Waals surface area contributed by atoms with Crippen LogP contribution in [0.1, 0.15) is 20.3 Å². The summed E-state index contributed by atoms with van der Waals surface area (Å²) in [7, 11) is 0. The fraction of sp³-hybridized carbons (Fsp3) is 0.778. The monoisotopic (exact) mass is 172 g/mol. The number of aliphatic hydroxyl groups excluding tert-OH is 1. The highest BCUT2D eigenvalue weighted by atomic mass is 16.7. The molecule has 3 nitrogen and oxygen atoms in total. The fourth-order valence-corrected chi connectivity index (χ4v) is 1.41. The summed E-state index contributed by atoms with van der Waals surface area (Å²) in [5.74, 6) is -0.607. The van der Waals surface area contributed by atoms with Gasteiger partial charge in [-0.15, -0.1) is 6.58 Å². The van der Waals surface area contributed by atoms with Crippen LogP contribution in [-0.4, -0.2) is 29.7 Å². The van der Waals surface area contributed by atoms with E-state index in [1.165, 1.54) is 0 Å². The first kappa shape index (κ1) is 9.71. The van der Waals surface area contributed by atoms with Gasteiger partial charge in [0.25, 0.3) is 0 Å². The van der Waals surface area contributed by atoms with Gasteiger partial charge in [0, 0.05) is 6.42 Å². The van der Waals surface area contributed by atoms with Gasteiger partial charge >= 0.3 is 0 Å². The van der Waals surface area contributed by atoms with E-state index in [-0.39, 0.29) is 18.8 Å². The van der Waals surface area contributed by atoms with Crippen LogP contribution in [0.25, 0.3) is 0 Å². The van der Waals surface area contributed by atoms with E-state index in [1.807, 2.05) is 13.8 Å². The van der Waals surface area contributed by atoms with E-state index in [0.717, 1.165) is 0 Å². The number of hydrogen-bond donors (Lipinski definition) is 1. The van der Waals surface area contributed by atoms with Crippen LogP contribution in [-0.2, 0) is 9.47 Å². The van der Waals surface area contributed by atoms with E-state index in [2.05, 4.69) is 6.58 Å². The molecular formula is C9H16O3. The van der Waals surface area contributed by atoms with Gasteiger partial charge in [-0.3, -0.25) is 0 Å². The van der Waals surface area contributed by atoms with Crippen molar-refractivity contribution in [2.24, 2.45) is 0 Å². The van der Waals surface area contributed by atoms with Crippen molar-refractivity contribution in [3.8, 4) is 0 Å². The summed E-state index contributed by atoms with van der Waals surface area (Å²) in [6.07, 6.45) is 2.29. The Bertz CT molecular complexity index is 165. The molecule has 70 valence electrons. The van der Waals surface area contributed by atoms with Gasteiger partial charge in [0.2, 0.25) is 0 Å². The highest BCUT2D eigenvalue weighted by Gasteiger charge is 2.33. The maximum absolute atomic E-state index is 8.92. The Labute approximate surface area is 73.0 Å². The third-order valence-electron chi connectivity index (χ3n) is 1.85. The first-order valence-electron chi connectivity index (χ1n) is 4.16. The lowest BCUT2D eigenvalue weighted by molar-refractivity contribution is -0.294. The Morgan fingerprint density at radius 1 is 1.58 bits per heavy atom. The summed E-state index contributed by atoms with van der Waals surface area (Å²) in [6, 6.07) is 0. The minimum absolute atomic E-state index is 0.00843. The molecule has 2 atom stereocenters. The van der Waals surface area contributed by atoms with Crippen molar-refractivity contribution in [1.29, 1.82) is 0 Å². The lowest BCUT2D eigenvalue weighted by atomic mass is 10.1. The average Bonchev–Trinajstić information content (AvgIpc) is 2.01. The molecule has 0 saturated carbocycles. The molecule has 0 aromatic heterocycles. The maximum Gasteiger partial charge on any atom is 0.164 e. The Morgan fingerprint density at radius 3 is 2.75 bits per heavy atom. The fourth-order valence-electron chi connectivity index (χ4n) is 1.41. The van der Waals surface area contributed by atoms with Gasteiger partial charge in [0.15, 0.2) is 5.79 Å². The molecule has 1 heterocycles. The molecular weight excluding hydrogens is 156 g/mol.